The number of aromatic nitrogens is 2. The Hall–Kier alpha value is -1.16. The van der Waals surface area contributed by atoms with Crippen LogP contribution in [0, 0.1) is 0 Å². The van der Waals surface area contributed by atoms with Crippen molar-refractivity contribution in [1.82, 2.24) is 9.78 Å². The third-order valence-electron chi connectivity index (χ3n) is 2.21. The van der Waals surface area contributed by atoms with Crippen LogP contribution < -0.4 is 0 Å². The number of aryl methyl sites for hydroxylation is 1. The van der Waals surface area contributed by atoms with Crippen LogP contribution in [-0.2, 0) is 7.05 Å². The summed E-state index contributed by atoms with van der Waals surface area (Å²) in [5.74, 6) is 0.0595. The first kappa shape index (κ1) is 9.40. The number of carbonyl (C=O) groups is 1. The van der Waals surface area contributed by atoms with E-state index in [4.69, 9.17) is 0 Å². The maximum Gasteiger partial charge on any atom is 0.160 e. The lowest BCUT2D eigenvalue weighted by molar-refractivity contribution is 0.101. The molecule has 0 unspecified atom stereocenters. The van der Waals surface area contributed by atoms with E-state index in [-0.39, 0.29) is 5.78 Å². The number of hydrogen-bond acceptors (Lipinski definition) is 2. The number of hydrogen-bond donors (Lipinski definition) is 0. The van der Waals surface area contributed by atoms with Crippen LogP contribution in [0.4, 0.5) is 0 Å². The van der Waals surface area contributed by atoms with Gasteiger partial charge in [0.2, 0.25) is 0 Å². The predicted octanol–water partition coefficient (Wildman–Crippen LogP) is 2.54. The number of benzene rings is 1. The summed E-state index contributed by atoms with van der Waals surface area (Å²) < 4.78 is 2.48. The van der Waals surface area contributed by atoms with Crippen LogP contribution in [-0.4, -0.2) is 15.6 Å². The van der Waals surface area contributed by atoms with Gasteiger partial charge < -0.3 is 0 Å². The summed E-state index contributed by atoms with van der Waals surface area (Å²) >= 11 is 3.35. The summed E-state index contributed by atoms with van der Waals surface area (Å²) in [7, 11) is 1.86. The van der Waals surface area contributed by atoms with Crippen molar-refractivity contribution in [3.05, 3.63) is 28.4 Å². The summed E-state index contributed by atoms with van der Waals surface area (Å²) in [5.41, 5.74) is 1.67. The van der Waals surface area contributed by atoms with Crippen LogP contribution in [0.1, 0.15) is 17.3 Å². The van der Waals surface area contributed by atoms with Crippen LogP contribution >= 0.6 is 15.9 Å². The van der Waals surface area contributed by atoms with Crippen molar-refractivity contribution in [1.29, 1.82) is 0 Å². The minimum atomic E-state index is 0.0595. The molecule has 2 rings (SSSR count). The highest BCUT2D eigenvalue weighted by atomic mass is 79.9. The molecule has 0 N–H and O–H groups in total. The normalized spacial score (nSPS) is 10.8. The molecule has 1 aromatic heterocycles. The van der Waals surface area contributed by atoms with Crippen molar-refractivity contribution >= 4 is 32.6 Å². The van der Waals surface area contributed by atoms with E-state index in [1.807, 2.05) is 25.2 Å². The molecule has 14 heavy (non-hydrogen) atoms. The molecule has 0 saturated carbocycles. The Balaban J connectivity index is 2.92. The fraction of sp³-hybridized carbons (Fsp3) is 0.200. The van der Waals surface area contributed by atoms with E-state index in [1.165, 1.54) is 0 Å². The van der Waals surface area contributed by atoms with Gasteiger partial charge in [0.1, 0.15) is 4.60 Å². The first-order valence-electron chi connectivity index (χ1n) is 4.23. The number of Topliss-reactive ketones (excluding diaryl/α,β-unsaturated/α-hetero) is 1. The van der Waals surface area contributed by atoms with Crippen molar-refractivity contribution in [3.63, 3.8) is 0 Å². The quantitative estimate of drug-likeness (QED) is 0.732. The Kier molecular flexibility index (Phi) is 2.15. The molecule has 0 radical (unpaired) electrons. The Morgan fingerprint density at radius 2 is 2.21 bits per heavy atom. The molecule has 0 amide bonds. The van der Waals surface area contributed by atoms with E-state index in [9.17, 15) is 4.79 Å². The summed E-state index contributed by atoms with van der Waals surface area (Å²) in [6, 6.07) is 5.63. The largest absolute Gasteiger partial charge is 0.294 e. The van der Waals surface area contributed by atoms with Gasteiger partial charge in [0.25, 0.3) is 0 Å². The molecule has 0 spiro atoms. The Morgan fingerprint density at radius 1 is 1.50 bits per heavy atom. The standard InChI is InChI=1S/C10H9BrN2O/c1-6(14)7-4-3-5-8-9(7)10(11)12-13(8)2/h3-5H,1-2H3. The number of fused-ring (bicyclic) bond motifs is 1. The second kappa shape index (κ2) is 3.20. The number of nitrogens with zero attached hydrogens (tertiary/aromatic N) is 2. The molecule has 0 bridgehead atoms. The van der Waals surface area contributed by atoms with Crippen molar-refractivity contribution in [2.24, 2.45) is 7.05 Å². The first-order chi connectivity index (χ1) is 6.61. The smallest absolute Gasteiger partial charge is 0.160 e. The molecule has 0 aliphatic heterocycles. The molecule has 3 nitrogen and oxygen atoms in total. The van der Waals surface area contributed by atoms with Gasteiger partial charge in [0.15, 0.2) is 5.78 Å². The second-order valence-corrected chi connectivity index (χ2v) is 3.92. The molecule has 0 aliphatic carbocycles. The van der Waals surface area contributed by atoms with Crippen LogP contribution in [0.25, 0.3) is 10.9 Å². The summed E-state index contributed by atoms with van der Waals surface area (Å²) in [5, 5.41) is 5.11. The number of rotatable bonds is 1. The number of carbonyl (C=O) groups excluding carboxylic acids is 1. The number of halogens is 1. The van der Waals surface area contributed by atoms with Gasteiger partial charge in [0.05, 0.1) is 5.52 Å². The maximum atomic E-state index is 11.4. The molecule has 4 heteroatoms. The molecular weight excluding hydrogens is 244 g/mol. The van der Waals surface area contributed by atoms with Crippen molar-refractivity contribution < 1.29 is 4.79 Å². The summed E-state index contributed by atoms with van der Waals surface area (Å²) in [4.78, 5) is 11.4. The van der Waals surface area contributed by atoms with Gasteiger partial charge in [-0.2, -0.15) is 5.10 Å². The Morgan fingerprint density at radius 3 is 2.86 bits per heavy atom. The predicted molar refractivity (Wildman–Crippen MR) is 58.4 cm³/mol. The SMILES string of the molecule is CC(=O)c1cccc2c1c(Br)nn2C. The Labute approximate surface area is 89.8 Å². The second-order valence-electron chi connectivity index (χ2n) is 3.17. The lowest BCUT2D eigenvalue weighted by Crippen LogP contribution is -1.93. The van der Waals surface area contributed by atoms with Gasteiger partial charge in [-0.25, -0.2) is 0 Å². The lowest BCUT2D eigenvalue weighted by Gasteiger charge is -1.98. The minimum Gasteiger partial charge on any atom is -0.294 e. The van der Waals surface area contributed by atoms with Crippen LogP contribution in [0.2, 0.25) is 0 Å². The van der Waals surface area contributed by atoms with Gasteiger partial charge in [-0.1, -0.05) is 12.1 Å². The van der Waals surface area contributed by atoms with Gasteiger partial charge >= 0.3 is 0 Å². The molecule has 0 fully saturated rings. The van der Waals surface area contributed by atoms with E-state index < -0.39 is 0 Å². The molecule has 0 saturated heterocycles. The lowest BCUT2D eigenvalue weighted by atomic mass is 10.1. The van der Waals surface area contributed by atoms with Gasteiger partial charge in [-0.3, -0.25) is 9.48 Å². The van der Waals surface area contributed by atoms with Crippen LogP contribution in [0.5, 0.6) is 0 Å². The third-order valence-corrected chi connectivity index (χ3v) is 2.77. The van der Waals surface area contributed by atoms with E-state index >= 15 is 0 Å². The molecule has 72 valence electrons. The molecule has 1 aromatic carbocycles. The fourth-order valence-electron chi connectivity index (χ4n) is 1.56. The minimum absolute atomic E-state index is 0.0595. The average molecular weight is 253 g/mol. The van der Waals surface area contributed by atoms with E-state index in [2.05, 4.69) is 21.0 Å². The molecule has 1 heterocycles. The molecule has 2 aromatic rings. The van der Waals surface area contributed by atoms with Crippen molar-refractivity contribution in [3.8, 4) is 0 Å². The van der Waals surface area contributed by atoms with Crippen LogP contribution in [0.3, 0.4) is 0 Å². The molecule has 0 aliphatic rings. The van der Waals surface area contributed by atoms with Gasteiger partial charge in [-0.05, 0) is 28.9 Å². The zero-order chi connectivity index (χ0) is 10.3. The highest BCUT2D eigenvalue weighted by molar-refractivity contribution is 9.10. The van der Waals surface area contributed by atoms with Gasteiger partial charge in [0, 0.05) is 18.0 Å². The number of ketones is 1. The average Bonchev–Trinajstić information content (AvgIpc) is 2.43. The monoisotopic (exact) mass is 252 g/mol. The zero-order valence-electron chi connectivity index (χ0n) is 7.91. The maximum absolute atomic E-state index is 11.4. The van der Waals surface area contributed by atoms with Crippen molar-refractivity contribution in [2.75, 3.05) is 0 Å². The fourth-order valence-corrected chi connectivity index (χ4v) is 2.21. The summed E-state index contributed by atoms with van der Waals surface area (Å²) in [6.07, 6.45) is 0. The van der Waals surface area contributed by atoms with E-state index in [0.29, 0.717) is 5.56 Å². The highest BCUT2D eigenvalue weighted by Gasteiger charge is 2.12. The van der Waals surface area contributed by atoms with E-state index in [1.54, 1.807) is 11.6 Å². The van der Waals surface area contributed by atoms with Gasteiger partial charge in [-0.15, -0.1) is 0 Å². The van der Waals surface area contributed by atoms with Crippen molar-refractivity contribution in [2.45, 2.75) is 6.92 Å². The third kappa shape index (κ3) is 1.26. The van der Waals surface area contributed by atoms with E-state index in [0.717, 1.165) is 15.5 Å². The van der Waals surface area contributed by atoms with Crippen LogP contribution in [0.15, 0.2) is 22.8 Å². The zero-order valence-corrected chi connectivity index (χ0v) is 9.50. The Bertz CT molecular complexity index is 516. The summed E-state index contributed by atoms with van der Waals surface area (Å²) in [6.45, 7) is 1.56. The first-order valence-corrected chi connectivity index (χ1v) is 5.02. The molecule has 0 atom stereocenters. The molecular formula is C10H9BrN2O. The highest BCUT2D eigenvalue weighted by Crippen LogP contribution is 2.26. The topological polar surface area (TPSA) is 34.9 Å².